The number of anilines is 1. The minimum absolute atomic E-state index is 0.910. The van der Waals surface area contributed by atoms with Gasteiger partial charge in [-0.2, -0.15) is 0 Å². The molecule has 1 aromatic carbocycles. The van der Waals surface area contributed by atoms with Crippen LogP contribution in [-0.2, 0) is 0 Å². The van der Waals surface area contributed by atoms with E-state index in [0.29, 0.717) is 0 Å². The summed E-state index contributed by atoms with van der Waals surface area (Å²) in [6.07, 6.45) is 0. The highest BCUT2D eigenvalue weighted by Gasteiger charge is 1.90. The van der Waals surface area contributed by atoms with Crippen LogP contribution in [0.1, 0.15) is 0 Å². The van der Waals surface area contributed by atoms with Gasteiger partial charge in [0.25, 0.3) is 0 Å². The lowest BCUT2D eigenvalue weighted by molar-refractivity contribution is 1.48. The van der Waals surface area contributed by atoms with Crippen molar-refractivity contribution in [2.75, 3.05) is 4.72 Å². The lowest BCUT2D eigenvalue weighted by atomic mass is 10.3. The van der Waals surface area contributed by atoms with Crippen LogP contribution in [0.4, 0.5) is 5.69 Å². The molecule has 0 radical (unpaired) electrons. The Morgan fingerprint density at radius 2 is 1.89 bits per heavy atom. The Balaban J connectivity index is 3.01. The van der Waals surface area contributed by atoms with E-state index in [4.69, 9.17) is 0 Å². The second kappa shape index (κ2) is 3.03. The number of hydrogen-bond acceptors (Lipinski definition) is 3. The van der Waals surface area contributed by atoms with Gasteiger partial charge in [0.2, 0.25) is 0 Å². The Hall–Kier alpha value is -0.280. The fourth-order valence-electron chi connectivity index (χ4n) is 0.568. The average Bonchev–Trinajstić information content (AvgIpc) is 1.89. The molecule has 0 aliphatic rings. The number of nitrogens with one attached hydrogen (secondary N) is 1. The van der Waals surface area contributed by atoms with E-state index in [0.717, 1.165) is 10.6 Å². The molecule has 1 nitrogen and oxygen atoms in total. The van der Waals surface area contributed by atoms with Gasteiger partial charge in [-0.25, -0.2) is 0 Å². The number of benzene rings is 1. The summed E-state index contributed by atoms with van der Waals surface area (Å²) in [4.78, 5) is 0.910. The molecule has 0 spiro atoms. The SMILES string of the molecule is SNc1ccccc1S. The van der Waals surface area contributed by atoms with Crippen molar-refractivity contribution < 1.29 is 0 Å². The number of para-hydroxylation sites is 1. The van der Waals surface area contributed by atoms with Crippen molar-refractivity contribution in [1.29, 1.82) is 0 Å². The summed E-state index contributed by atoms with van der Waals surface area (Å²) in [5.74, 6) is 0. The van der Waals surface area contributed by atoms with Crippen LogP contribution in [0, 0.1) is 0 Å². The zero-order valence-corrected chi connectivity index (χ0v) is 6.49. The first-order chi connectivity index (χ1) is 4.34. The number of rotatable bonds is 1. The molecule has 0 aliphatic carbocycles. The van der Waals surface area contributed by atoms with Crippen LogP contribution >= 0.6 is 25.4 Å². The molecule has 1 N–H and O–H groups in total. The first-order valence-electron chi connectivity index (χ1n) is 2.52. The van der Waals surface area contributed by atoms with E-state index in [1.54, 1.807) is 0 Å². The molecule has 0 saturated heterocycles. The van der Waals surface area contributed by atoms with E-state index in [1.807, 2.05) is 24.3 Å². The average molecular weight is 157 g/mol. The first kappa shape index (κ1) is 6.83. The molecular weight excluding hydrogens is 150 g/mol. The zero-order valence-electron chi connectivity index (χ0n) is 4.70. The van der Waals surface area contributed by atoms with Gasteiger partial charge in [-0.3, -0.25) is 0 Å². The monoisotopic (exact) mass is 157 g/mol. The molecule has 0 saturated carbocycles. The molecule has 0 bridgehead atoms. The van der Waals surface area contributed by atoms with E-state index >= 15 is 0 Å². The summed E-state index contributed by atoms with van der Waals surface area (Å²) in [6.45, 7) is 0. The van der Waals surface area contributed by atoms with Gasteiger partial charge in [-0.1, -0.05) is 24.9 Å². The molecule has 0 aliphatic heterocycles. The third-order valence-electron chi connectivity index (χ3n) is 1.02. The van der Waals surface area contributed by atoms with Crippen LogP contribution in [0.5, 0.6) is 0 Å². The van der Waals surface area contributed by atoms with Crippen LogP contribution in [0.15, 0.2) is 29.2 Å². The quantitative estimate of drug-likeness (QED) is 0.531. The summed E-state index contributed by atoms with van der Waals surface area (Å²) in [7, 11) is 0. The third-order valence-corrected chi connectivity index (χ3v) is 1.66. The summed E-state index contributed by atoms with van der Waals surface area (Å²) >= 11 is 8.05. The lowest BCUT2D eigenvalue weighted by Crippen LogP contribution is -1.79. The number of hydrogen-bond donors (Lipinski definition) is 3. The fourth-order valence-corrected chi connectivity index (χ4v) is 1.07. The largest absolute Gasteiger partial charge is 0.331 e. The highest BCUT2D eigenvalue weighted by atomic mass is 32.1. The van der Waals surface area contributed by atoms with Crippen molar-refractivity contribution in [2.24, 2.45) is 0 Å². The van der Waals surface area contributed by atoms with Crippen molar-refractivity contribution >= 4 is 31.1 Å². The predicted octanol–water partition coefficient (Wildman–Crippen LogP) is 2.23. The van der Waals surface area contributed by atoms with Gasteiger partial charge in [0.1, 0.15) is 0 Å². The standard InChI is InChI=1S/C6H7NS2/c8-6-4-2-1-3-5(6)7-9/h1-4,7-9H. The molecule has 0 amide bonds. The van der Waals surface area contributed by atoms with Crippen LogP contribution in [-0.4, -0.2) is 0 Å². The molecule has 0 unspecified atom stereocenters. The van der Waals surface area contributed by atoms with Gasteiger partial charge in [0.05, 0.1) is 5.69 Å². The molecule has 0 aromatic heterocycles. The third kappa shape index (κ3) is 1.56. The van der Waals surface area contributed by atoms with E-state index in [-0.39, 0.29) is 0 Å². The Kier molecular flexibility index (Phi) is 2.30. The minimum Gasteiger partial charge on any atom is -0.331 e. The fraction of sp³-hybridized carbons (Fsp3) is 0. The van der Waals surface area contributed by atoms with Crippen molar-refractivity contribution in [3.63, 3.8) is 0 Å². The second-order valence-electron chi connectivity index (χ2n) is 1.63. The molecule has 0 fully saturated rings. The summed E-state index contributed by atoms with van der Waals surface area (Å²) in [5.41, 5.74) is 0.934. The van der Waals surface area contributed by atoms with Crippen LogP contribution in [0.3, 0.4) is 0 Å². The maximum absolute atomic E-state index is 4.17. The maximum Gasteiger partial charge on any atom is 0.0572 e. The van der Waals surface area contributed by atoms with Gasteiger partial charge < -0.3 is 4.72 Å². The first-order valence-corrected chi connectivity index (χ1v) is 3.42. The van der Waals surface area contributed by atoms with Gasteiger partial charge in [0.15, 0.2) is 0 Å². The Morgan fingerprint density at radius 1 is 1.22 bits per heavy atom. The smallest absolute Gasteiger partial charge is 0.0572 e. The molecule has 0 atom stereocenters. The Morgan fingerprint density at radius 3 is 2.33 bits per heavy atom. The molecule has 9 heavy (non-hydrogen) atoms. The van der Waals surface area contributed by atoms with Crippen molar-refractivity contribution in [3.8, 4) is 0 Å². The Labute approximate surface area is 65.4 Å². The van der Waals surface area contributed by atoms with Crippen molar-refractivity contribution in [3.05, 3.63) is 24.3 Å². The molecule has 3 heteroatoms. The van der Waals surface area contributed by atoms with E-state index in [1.165, 1.54) is 0 Å². The topological polar surface area (TPSA) is 12.0 Å². The second-order valence-corrected chi connectivity index (χ2v) is 2.33. The molecule has 1 rings (SSSR count). The van der Waals surface area contributed by atoms with E-state index in [9.17, 15) is 0 Å². The normalized spacial score (nSPS) is 9.11. The zero-order chi connectivity index (χ0) is 6.69. The van der Waals surface area contributed by atoms with Gasteiger partial charge in [0, 0.05) is 4.90 Å². The van der Waals surface area contributed by atoms with Gasteiger partial charge in [-0.15, -0.1) is 12.6 Å². The van der Waals surface area contributed by atoms with E-state index in [2.05, 4.69) is 30.2 Å². The van der Waals surface area contributed by atoms with Crippen LogP contribution in [0.2, 0.25) is 0 Å². The Bertz CT molecular complexity index is 200. The van der Waals surface area contributed by atoms with Crippen molar-refractivity contribution in [1.82, 2.24) is 0 Å². The lowest BCUT2D eigenvalue weighted by Gasteiger charge is -1.99. The summed E-state index contributed by atoms with van der Waals surface area (Å²) in [5, 5.41) is 0. The summed E-state index contributed by atoms with van der Waals surface area (Å²) < 4.78 is 2.71. The molecular formula is C6H7NS2. The molecule has 48 valence electrons. The molecule has 0 heterocycles. The number of thiol groups is 2. The molecule has 1 aromatic rings. The van der Waals surface area contributed by atoms with E-state index < -0.39 is 0 Å². The highest BCUT2D eigenvalue weighted by Crippen LogP contribution is 2.18. The van der Waals surface area contributed by atoms with Crippen LogP contribution in [0.25, 0.3) is 0 Å². The maximum atomic E-state index is 4.17. The minimum atomic E-state index is 0.910. The highest BCUT2D eigenvalue weighted by molar-refractivity contribution is 7.82. The van der Waals surface area contributed by atoms with Gasteiger partial charge >= 0.3 is 0 Å². The summed E-state index contributed by atoms with van der Waals surface area (Å²) in [6, 6.07) is 7.67. The van der Waals surface area contributed by atoms with Crippen LogP contribution < -0.4 is 4.72 Å². The predicted molar refractivity (Wildman–Crippen MR) is 46.3 cm³/mol. The van der Waals surface area contributed by atoms with Crippen molar-refractivity contribution in [2.45, 2.75) is 4.90 Å². The van der Waals surface area contributed by atoms with Gasteiger partial charge in [-0.05, 0) is 12.1 Å².